The first kappa shape index (κ1) is 16.3. The lowest BCUT2D eigenvalue weighted by molar-refractivity contribution is -0.137. The minimum absolute atomic E-state index is 0.192. The SMILES string of the molecule is O=C(O)CNC(=O)CCCNC(=O)NC1CCCCC1. The van der Waals surface area contributed by atoms with Gasteiger partial charge in [-0.15, -0.1) is 0 Å². The first-order valence-corrected chi connectivity index (χ1v) is 7.11. The minimum Gasteiger partial charge on any atom is -0.480 e. The highest BCUT2D eigenvalue weighted by atomic mass is 16.4. The van der Waals surface area contributed by atoms with Crippen molar-refractivity contribution in [2.45, 2.75) is 51.0 Å². The van der Waals surface area contributed by atoms with Gasteiger partial charge in [-0.3, -0.25) is 9.59 Å². The maximum absolute atomic E-state index is 11.6. The summed E-state index contributed by atoms with van der Waals surface area (Å²) in [5.41, 5.74) is 0. The van der Waals surface area contributed by atoms with Crippen LogP contribution in [0.3, 0.4) is 0 Å². The largest absolute Gasteiger partial charge is 0.480 e. The lowest BCUT2D eigenvalue weighted by atomic mass is 9.96. The van der Waals surface area contributed by atoms with Crippen molar-refractivity contribution in [1.82, 2.24) is 16.0 Å². The molecule has 0 saturated heterocycles. The van der Waals surface area contributed by atoms with Crippen molar-refractivity contribution >= 4 is 17.9 Å². The van der Waals surface area contributed by atoms with Crippen molar-refractivity contribution in [2.24, 2.45) is 0 Å². The smallest absolute Gasteiger partial charge is 0.322 e. The van der Waals surface area contributed by atoms with Crippen LogP contribution >= 0.6 is 0 Å². The number of carbonyl (C=O) groups is 3. The third-order valence-electron chi connectivity index (χ3n) is 3.24. The van der Waals surface area contributed by atoms with Crippen LogP contribution in [-0.4, -0.2) is 42.1 Å². The monoisotopic (exact) mass is 285 g/mol. The third kappa shape index (κ3) is 7.60. The Hall–Kier alpha value is -1.79. The predicted molar refractivity (Wildman–Crippen MR) is 73.3 cm³/mol. The molecule has 4 N–H and O–H groups in total. The van der Waals surface area contributed by atoms with Gasteiger partial charge in [0.15, 0.2) is 0 Å². The first-order chi connectivity index (χ1) is 9.58. The molecule has 0 aromatic rings. The van der Waals surface area contributed by atoms with Crippen LogP contribution in [0.15, 0.2) is 0 Å². The van der Waals surface area contributed by atoms with Gasteiger partial charge in [0.05, 0.1) is 0 Å². The molecular formula is C13H23N3O4. The minimum atomic E-state index is -1.07. The van der Waals surface area contributed by atoms with E-state index >= 15 is 0 Å². The number of aliphatic carboxylic acids is 1. The normalized spacial score (nSPS) is 15.4. The molecule has 1 rings (SSSR count). The molecule has 7 heteroatoms. The summed E-state index contributed by atoms with van der Waals surface area (Å²) in [4.78, 5) is 33.0. The summed E-state index contributed by atoms with van der Waals surface area (Å²) in [5, 5.41) is 16.3. The van der Waals surface area contributed by atoms with Gasteiger partial charge in [0.2, 0.25) is 5.91 Å². The highest BCUT2D eigenvalue weighted by Crippen LogP contribution is 2.16. The number of amides is 3. The maximum atomic E-state index is 11.6. The Kier molecular flexibility index (Phi) is 7.46. The second-order valence-electron chi connectivity index (χ2n) is 5.01. The summed E-state index contributed by atoms with van der Waals surface area (Å²) in [6, 6.07) is 0.0745. The van der Waals surface area contributed by atoms with E-state index in [0.717, 1.165) is 25.7 Å². The van der Waals surface area contributed by atoms with E-state index in [1.165, 1.54) is 6.42 Å². The van der Waals surface area contributed by atoms with Crippen LogP contribution in [0, 0.1) is 0 Å². The molecule has 114 valence electrons. The van der Waals surface area contributed by atoms with E-state index in [-0.39, 0.29) is 30.9 Å². The van der Waals surface area contributed by atoms with E-state index in [1.54, 1.807) is 0 Å². The number of carboxylic acids is 1. The van der Waals surface area contributed by atoms with Gasteiger partial charge < -0.3 is 21.1 Å². The van der Waals surface area contributed by atoms with Gasteiger partial charge in [-0.25, -0.2) is 4.79 Å². The highest BCUT2D eigenvalue weighted by molar-refractivity contribution is 5.81. The number of nitrogens with one attached hydrogen (secondary N) is 3. The molecule has 0 heterocycles. The molecule has 0 atom stereocenters. The molecular weight excluding hydrogens is 262 g/mol. The topological polar surface area (TPSA) is 108 Å². The van der Waals surface area contributed by atoms with Crippen molar-refractivity contribution in [3.8, 4) is 0 Å². The highest BCUT2D eigenvalue weighted by Gasteiger charge is 2.15. The molecule has 1 saturated carbocycles. The zero-order valence-corrected chi connectivity index (χ0v) is 11.6. The Bertz CT molecular complexity index is 341. The van der Waals surface area contributed by atoms with Gasteiger partial charge in [-0.1, -0.05) is 19.3 Å². The lowest BCUT2D eigenvalue weighted by Gasteiger charge is -2.22. The summed E-state index contributed by atoms with van der Waals surface area (Å²) in [7, 11) is 0. The Morgan fingerprint density at radius 2 is 1.75 bits per heavy atom. The standard InChI is InChI=1S/C13H23N3O4/c17-11(15-9-12(18)19)7-4-8-14-13(20)16-10-5-2-1-3-6-10/h10H,1-9H2,(H,15,17)(H,18,19)(H2,14,16,20). The van der Waals surface area contributed by atoms with Crippen LogP contribution in [0.5, 0.6) is 0 Å². The molecule has 0 radical (unpaired) electrons. The van der Waals surface area contributed by atoms with Crippen LogP contribution in [0.2, 0.25) is 0 Å². The van der Waals surface area contributed by atoms with Gasteiger partial charge in [0.1, 0.15) is 6.54 Å². The van der Waals surface area contributed by atoms with E-state index in [9.17, 15) is 14.4 Å². The first-order valence-electron chi connectivity index (χ1n) is 7.11. The fourth-order valence-corrected chi connectivity index (χ4v) is 2.20. The molecule has 3 amide bonds. The molecule has 1 aliphatic rings. The summed E-state index contributed by atoms with van der Waals surface area (Å²) < 4.78 is 0. The van der Waals surface area contributed by atoms with Crippen molar-refractivity contribution in [3.63, 3.8) is 0 Å². The van der Waals surface area contributed by atoms with Gasteiger partial charge in [-0.05, 0) is 19.3 Å². The third-order valence-corrected chi connectivity index (χ3v) is 3.24. The van der Waals surface area contributed by atoms with E-state index in [0.29, 0.717) is 13.0 Å². The van der Waals surface area contributed by atoms with Crippen molar-refractivity contribution in [1.29, 1.82) is 0 Å². The molecule has 0 aliphatic heterocycles. The Morgan fingerprint density at radius 1 is 1.05 bits per heavy atom. The van der Waals surface area contributed by atoms with Crippen molar-refractivity contribution in [2.75, 3.05) is 13.1 Å². The van der Waals surface area contributed by atoms with E-state index in [1.807, 2.05) is 0 Å². The second-order valence-corrected chi connectivity index (χ2v) is 5.01. The summed E-state index contributed by atoms with van der Waals surface area (Å²) >= 11 is 0. The Morgan fingerprint density at radius 3 is 2.40 bits per heavy atom. The van der Waals surface area contributed by atoms with Crippen LogP contribution in [0.25, 0.3) is 0 Å². The van der Waals surface area contributed by atoms with E-state index in [2.05, 4.69) is 16.0 Å². The molecule has 0 spiro atoms. The van der Waals surface area contributed by atoms with Crippen LogP contribution in [-0.2, 0) is 9.59 Å². The van der Waals surface area contributed by atoms with Crippen molar-refractivity contribution in [3.05, 3.63) is 0 Å². The van der Waals surface area contributed by atoms with Crippen LogP contribution in [0.1, 0.15) is 44.9 Å². The number of hydrogen-bond acceptors (Lipinski definition) is 3. The molecule has 7 nitrogen and oxygen atoms in total. The summed E-state index contributed by atoms with van der Waals surface area (Å²) in [5.74, 6) is -1.38. The molecule has 1 fully saturated rings. The Balaban J connectivity index is 2.01. The quantitative estimate of drug-likeness (QED) is 0.514. The van der Waals surface area contributed by atoms with E-state index in [4.69, 9.17) is 5.11 Å². The van der Waals surface area contributed by atoms with Crippen LogP contribution < -0.4 is 16.0 Å². The molecule has 0 aromatic heterocycles. The molecule has 1 aliphatic carbocycles. The molecule has 20 heavy (non-hydrogen) atoms. The molecule has 0 unspecified atom stereocenters. The van der Waals surface area contributed by atoms with E-state index < -0.39 is 5.97 Å². The number of rotatable bonds is 7. The summed E-state index contributed by atoms with van der Waals surface area (Å²) in [6.45, 7) is 0.0352. The second kappa shape index (κ2) is 9.17. The number of carbonyl (C=O) groups excluding carboxylic acids is 2. The fourth-order valence-electron chi connectivity index (χ4n) is 2.20. The Labute approximate surface area is 118 Å². The zero-order valence-electron chi connectivity index (χ0n) is 11.6. The summed E-state index contributed by atoms with van der Waals surface area (Å²) in [6.07, 6.45) is 6.32. The van der Waals surface area contributed by atoms with Crippen molar-refractivity contribution < 1.29 is 19.5 Å². The predicted octanol–water partition coefficient (Wildman–Crippen LogP) is 0.599. The van der Waals surface area contributed by atoms with Gasteiger partial charge in [0, 0.05) is 19.0 Å². The number of urea groups is 1. The average Bonchev–Trinajstić information content (AvgIpc) is 2.42. The fraction of sp³-hybridized carbons (Fsp3) is 0.769. The van der Waals surface area contributed by atoms with Gasteiger partial charge in [0.25, 0.3) is 0 Å². The van der Waals surface area contributed by atoms with Crippen LogP contribution in [0.4, 0.5) is 4.79 Å². The molecule has 0 aromatic carbocycles. The van der Waals surface area contributed by atoms with Gasteiger partial charge >= 0.3 is 12.0 Å². The number of carboxylic acid groups (broad SMARTS) is 1. The zero-order chi connectivity index (χ0) is 14.8. The lowest BCUT2D eigenvalue weighted by Crippen LogP contribution is -2.43. The molecule has 0 bridgehead atoms. The number of hydrogen-bond donors (Lipinski definition) is 4. The maximum Gasteiger partial charge on any atom is 0.322 e. The average molecular weight is 285 g/mol. The van der Waals surface area contributed by atoms with Gasteiger partial charge in [-0.2, -0.15) is 0 Å².